The Morgan fingerprint density at radius 1 is 1.09 bits per heavy atom. The number of para-hydroxylation sites is 1. The second-order valence-electron chi connectivity index (χ2n) is 8.41. The van der Waals surface area contributed by atoms with E-state index in [2.05, 4.69) is 10.3 Å². The van der Waals surface area contributed by atoms with E-state index in [4.69, 9.17) is 4.74 Å². The highest BCUT2D eigenvalue weighted by molar-refractivity contribution is 5.98. The van der Waals surface area contributed by atoms with Crippen molar-refractivity contribution in [3.8, 4) is 16.9 Å². The van der Waals surface area contributed by atoms with Crippen LogP contribution in [0.2, 0.25) is 0 Å². The van der Waals surface area contributed by atoms with E-state index >= 15 is 0 Å². The summed E-state index contributed by atoms with van der Waals surface area (Å²) in [4.78, 5) is 16.7. The van der Waals surface area contributed by atoms with Crippen LogP contribution >= 0.6 is 0 Å². The molecule has 0 aliphatic rings. The van der Waals surface area contributed by atoms with Gasteiger partial charge in [0.15, 0.2) is 0 Å². The lowest BCUT2D eigenvalue weighted by atomic mass is 9.93. The van der Waals surface area contributed by atoms with Gasteiger partial charge in [-0.05, 0) is 53.4 Å². The van der Waals surface area contributed by atoms with Gasteiger partial charge in [-0.3, -0.25) is 4.79 Å². The molecule has 0 aliphatic carbocycles. The predicted octanol–water partition coefficient (Wildman–Crippen LogP) is 5.66. The number of fused-ring (bicyclic) bond motifs is 1. The number of halogens is 1. The van der Waals surface area contributed by atoms with Crippen LogP contribution in [0.1, 0.15) is 42.1 Å². The molecule has 6 heteroatoms. The molecule has 1 amide bonds. The van der Waals surface area contributed by atoms with Gasteiger partial charge in [0.1, 0.15) is 11.6 Å². The van der Waals surface area contributed by atoms with Crippen LogP contribution in [-0.2, 0) is 0 Å². The molecule has 0 fully saturated rings. The molecule has 2 atom stereocenters. The molecule has 0 spiro atoms. The van der Waals surface area contributed by atoms with Crippen LogP contribution in [0.25, 0.3) is 22.0 Å². The Balaban J connectivity index is 1.63. The summed E-state index contributed by atoms with van der Waals surface area (Å²) in [5.41, 5.74) is 3.75. The number of aliphatic hydroxyl groups is 1. The summed E-state index contributed by atoms with van der Waals surface area (Å²) in [6.45, 7) is 4.22. The number of aromatic amines is 1. The highest BCUT2D eigenvalue weighted by Crippen LogP contribution is 2.30. The SMILES string of the molecule is CCCOc1ccc(-c2cccc(F)c2)cc1C(=O)NC(CO)[C@H](C)c1c[nH]c2ccccc12. The Morgan fingerprint density at radius 2 is 1.88 bits per heavy atom. The lowest BCUT2D eigenvalue weighted by molar-refractivity contribution is 0.0903. The van der Waals surface area contributed by atoms with Crippen molar-refractivity contribution in [2.45, 2.75) is 32.2 Å². The minimum Gasteiger partial charge on any atom is -0.493 e. The number of carbonyl (C=O) groups is 1. The number of carbonyl (C=O) groups excluding carboxylic acids is 1. The largest absolute Gasteiger partial charge is 0.493 e. The number of hydrogen-bond acceptors (Lipinski definition) is 3. The van der Waals surface area contributed by atoms with Gasteiger partial charge in [0.05, 0.1) is 24.8 Å². The van der Waals surface area contributed by atoms with Crippen molar-refractivity contribution in [3.63, 3.8) is 0 Å². The molecule has 1 unspecified atom stereocenters. The van der Waals surface area contributed by atoms with Crippen molar-refractivity contribution < 1.29 is 19.0 Å². The molecular weight excluding hydrogens is 431 g/mol. The summed E-state index contributed by atoms with van der Waals surface area (Å²) in [5, 5.41) is 14.2. The number of nitrogens with one attached hydrogen (secondary N) is 2. The topological polar surface area (TPSA) is 74.3 Å². The maximum Gasteiger partial charge on any atom is 0.255 e. The quantitative estimate of drug-likeness (QED) is 0.302. The van der Waals surface area contributed by atoms with Gasteiger partial charge in [0.25, 0.3) is 5.91 Å². The van der Waals surface area contributed by atoms with Crippen LogP contribution in [0.4, 0.5) is 4.39 Å². The number of aliphatic hydroxyl groups excluding tert-OH is 1. The maximum atomic E-state index is 13.8. The van der Waals surface area contributed by atoms with E-state index in [-0.39, 0.29) is 24.2 Å². The highest BCUT2D eigenvalue weighted by atomic mass is 19.1. The third-order valence-electron chi connectivity index (χ3n) is 6.07. The van der Waals surface area contributed by atoms with E-state index in [0.29, 0.717) is 29.0 Å². The fourth-order valence-electron chi connectivity index (χ4n) is 4.16. The van der Waals surface area contributed by atoms with Gasteiger partial charge < -0.3 is 20.1 Å². The van der Waals surface area contributed by atoms with Gasteiger partial charge in [-0.15, -0.1) is 0 Å². The standard InChI is InChI=1S/C28H29FN2O3/c1-3-13-34-27-12-11-20(19-7-6-8-21(29)14-19)15-23(27)28(33)31-26(17-32)18(2)24-16-30-25-10-5-4-9-22(24)25/h4-12,14-16,18,26,30,32H,3,13,17H2,1-2H3,(H,31,33)/t18-,26?/m1/s1. The average molecular weight is 461 g/mol. The molecule has 3 N–H and O–H groups in total. The van der Waals surface area contributed by atoms with E-state index < -0.39 is 6.04 Å². The molecule has 0 saturated heterocycles. The van der Waals surface area contributed by atoms with Crippen LogP contribution in [0, 0.1) is 5.82 Å². The number of rotatable bonds is 9. The maximum absolute atomic E-state index is 13.8. The van der Waals surface area contributed by atoms with E-state index in [9.17, 15) is 14.3 Å². The molecule has 0 aliphatic heterocycles. The first-order valence-corrected chi connectivity index (χ1v) is 11.5. The van der Waals surface area contributed by atoms with Crippen molar-refractivity contribution >= 4 is 16.8 Å². The van der Waals surface area contributed by atoms with E-state index in [0.717, 1.165) is 22.9 Å². The Bertz CT molecular complexity index is 1280. The summed E-state index contributed by atoms with van der Waals surface area (Å²) in [5.74, 6) is -0.384. The first kappa shape index (κ1) is 23.5. The van der Waals surface area contributed by atoms with E-state index in [1.807, 2.05) is 50.4 Å². The van der Waals surface area contributed by atoms with Crippen LogP contribution in [0.15, 0.2) is 72.9 Å². The molecule has 1 aromatic heterocycles. The Hall–Kier alpha value is -3.64. The third kappa shape index (κ3) is 4.97. The van der Waals surface area contributed by atoms with E-state index in [1.165, 1.54) is 12.1 Å². The van der Waals surface area contributed by atoms with Gasteiger partial charge in [-0.2, -0.15) is 0 Å². The fraction of sp³-hybridized carbons (Fsp3) is 0.250. The van der Waals surface area contributed by atoms with Crippen molar-refractivity contribution in [2.75, 3.05) is 13.2 Å². The molecule has 4 rings (SSSR count). The zero-order chi connectivity index (χ0) is 24.1. The lowest BCUT2D eigenvalue weighted by Gasteiger charge is -2.24. The first-order valence-electron chi connectivity index (χ1n) is 11.5. The summed E-state index contributed by atoms with van der Waals surface area (Å²) in [6, 6.07) is 18.9. The van der Waals surface area contributed by atoms with Gasteiger partial charge in [0.2, 0.25) is 0 Å². The normalized spacial score (nSPS) is 12.9. The molecule has 0 bridgehead atoms. The smallest absolute Gasteiger partial charge is 0.255 e. The van der Waals surface area contributed by atoms with Crippen LogP contribution in [-0.4, -0.2) is 35.3 Å². The number of amides is 1. The number of benzene rings is 3. The van der Waals surface area contributed by atoms with Crippen LogP contribution in [0.3, 0.4) is 0 Å². The molecule has 4 aromatic rings. The zero-order valence-corrected chi connectivity index (χ0v) is 19.3. The van der Waals surface area contributed by atoms with Gasteiger partial charge in [-0.1, -0.05) is 50.2 Å². The summed E-state index contributed by atoms with van der Waals surface area (Å²) in [7, 11) is 0. The van der Waals surface area contributed by atoms with Gasteiger partial charge >= 0.3 is 0 Å². The van der Waals surface area contributed by atoms with Gasteiger partial charge in [0, 0.05) is 23.0 Å². The second kappa shape index (κ2) is 10.5. The van der Waals surface area contributed by atoms with Gasteiger partial charge in [-0.25, -0.2) is 4.39 Å². The highest BCUT2D eigenvalue weighted by Gasteiger charge is 2.25. The molecule has 0 radical (unpaired) electrons. The minimum absolute atomic E-state index is 0.142. The predicted molar refractivity (Wildman–Crippen MR) is 133 cm³/mol. The number of aromatic nitrogens is 1. The average Bonchev–Trinajstić information content (AvgIpc) is 3.29. The van der Waals surface area contributed by atoms with Crippen molar-refractivity contribution in [1.29, 1.82) is 0 Å². The van der Waals surface area contributed by atoms with Crippen LogP contribution < -0.4 is 10.1 Å². The first-order chi connectivity index (χ1) is 16.5. The minimum atomic E-state index is -0.511. The summed E-state index contributed by atoms with van der Waals surface area (Å²) >= 11 is 0. The molecule has 176 valence electrons. The summed E-state index contributed by atoms with van der Waals surface area (Å²) in [6.07, 6.45) is 2.72. The third-order valence-corrected chi connectivity index (χ3v) is 6.07. The molecule has 0 saturated carbocycles. The Kier molecular flexibility index (Phi) is 7.28. The Labute approximate surface area is 198 Å². The van der Waals surface area contributed by atoms with Crippen molar-refractivity contribution in [1.82, 2.24) is 10.3 Å². The monoisotopic (exact) mass is 460 g/mol. The van der Waals surface area contributed by atoms with E-state index in [1.54, 1.807) is 24.3 Å². The summed E-state index contributed by atoms with van der Waals surface area (Å²) < 4.78 is 19.6. The van der Waals surface area contributed by atoms with Crippen LogP contribution in [0.5, 0.6) is 5.75 Å². The molecule has 34 heavy (non-hydrogen) atoms. The number of H-pyrrole nitrogens is 1. The Morgan fingerprint density at radius 3 is 2.65 bits per heavy atom. The zero-order valence-electron chi connectivity index (χ0n) is 19.3. The van der Waals surface area contributed by atoms with Crippen molar-refractivity contribution in [3.05, 3.63) is 89.9 Å². The molecule has 1 heterocycles. The lowest BCUT2D eigenvalue weighted by Crippen LogP contribution is -2.41. The number of hydrogen-bond donors (Lipinski definition) is 3. The molecule has 5 nitrogen and oxygen atoms in total. The molecular formula is C28H29FN2O3. The van der Waals surface area contributed by atoms with Crippen molar-refractivity contribution in [2.24, 2.45) is 0 Å². The second-order valence-corrected chi connectivity index (χ2v) is 8.41. The number of ether oxygens (including phenoxy) is 1. The molecule has 3 aromatic carbocycles. The fourth-order valence-corrected chi connectivity index (χ4v) is 4.16.